The van der Waals surface area contributed by atoms with Gasteiger partial charge in [0.1, 0.15) is 4.90 Å². The van der Waals surface area contributed by atoms with Crippen molar-refractivity contribution in [1.29, 1.82) is 0 Å². The average molecular weight is 289 g/mol. The summed E-state index contributed by atoms with van der Waals surface area (Å²) in [5, 5.41) is 3.51. The quantitative estimate of drug-likeness (QED) is 0.900. The lowest BCUT2D eigenvalue weighted by molar-refractivity contribution is 0.310. The van der Waals surface area contributed by atoms with E-state index in [0.29, 0.717) is 24.7 Å². The summed E-state index contributed by atoms with van der Waals surface area (Å²) >= 11 is 6.05. The van der Waals surface area contributed by atoms with Crippen molar-refractivity contribution in [2.75, 3.05) is 19.6 Å². The Bertz CT molecular complexity index is 545. The number of sulfonamides is 1. The van der Waals surface area contributed by atoms with E-state index in [4.69, 9.17) is 11.6 Å². The van der Waals surface area contributed by atoms with E-state index in [9.17, 15) is 8.42 Å². The first-order chi connectivity index (χ1) is 8.41. The zero-order valence-corrected chi connectivity index (χ0v) is 12.1. The summed E-state index contributed by atoms with van der Waals surface area (Å²) < 4.78 is 26.4. The lowest BCUT2D eigenvalue weighted by Gasteiger charge is -2.31. The van der Waals surface area contributed by atoms with Crippen LogP contribution in [-0.4, -0.2) is 38.4 Å². The van der Waals surface area contributed by atoms with Gasteiger partial charge in [-0.2, -0.15) is 4.31 Å². The van der Waals surface area contributed by atoms with Crippen molar-refractivity contribution in [1.82, 2.24) is 9.62 Å². The van der Waals surface area contributed by atoms with Crippen LogP contribution in [0.1, 0.15) is 12.5 Å². The van der Waals surface area contributed by atoms with Crippen molar-refractivity contribution < 1.29 is 8.42 Å². The van der Waals surface area contributed by atoms with Gasteiger partial charge in [-0.3, -0.25) is 0 Å². The zero-order valence-electron chi connectivity index (χ0n) is 10.5. The van der Waals surface area contributed by atoms with E-state index in [0.717, 1.165) is 5.56 Å². The minimum atomic E-state index is -3.48. The SMILES string of the molecule is Cc1ccc(S(=O)(=O)N2CCN[C@H](C)C2)c(Cl)c1. The second-order valence-corrected chi connectivity index (χ2v) is 6.97. The number of halogens is 1. The summed E-state index contributed by atoms with van der Waals surface area (Å²) in [5.41, 5.74) is 0.952. The predicted octanol–water partition coefficient (Wildman–Crippen LogP) is 1.63. The molecule has 2 rings (SSSR count). The first-order valence-corrected chi connectivity index (χ1v) is 7.73. The zero-order chi connectivity index (χ0) is 13.3. The van der Waals surface area contributed by atoms with E-state index in [1.165, 1.54) is 4.31 Å². The Balaban J connectivity index is 2.35. The first kappa shape index (κ1) is 13.8. The number of hydrogen-bond donors (Lipinski definition) is 1. The van der Waals surface area contributed by atoms with E-state index >= 15 is 0 Å². The van der Waals surface area contributed by atoms with Crippen LogP contribution in [0.2, 0.25) is 5.02 Å². The minimum Gasteiger partial charge on any atom is -0.312 e. The van der Waals surface area contributed by atoms with Crippen molar-refractivity contribution >= 4 is 21.6 Å². The molecule has 1 aliphatic heterocycles. The van der Waals surface area contributed by atoms with Crippen LogP contribution in [0.25, 0.3) is 0 Å². The van der Waals surface area contributed by atoms with Crippen LogP contribution >= 0.6 is 11.6 Å². The summed E-state index contributed by atoms with van der Waals surface area (Å²) in [4.78, 5) is 0.198. The fraction of sp³-hybridized carbons (Fsp3) is 0.500. The molecule has 0 unspecified atom stereocenters. The molecule has 18 heavy (non-hydrogen) atoms. The van der Waals surface area contributed by atoms with E-state index in [-0.39, 0.29) is 10.9 Å². The van der Waals surface area contributed by atoms with Gasteiger partial charge >= 0.3 is 0 Å². The third-order valence-electron chi connectivity index (χ3n) is 3.04. The number of hydrogen-bond acceptors (Lipinski definition) is 3. The second kappa shape index (κ2) is 5.17. The molecule has 0 aromatic heterocycles. The molecule has 100 valence electrons. The molecule has 1 aromatic rings. The lowest BCUT2D eigenvalue weighted by Crippen LogP contribution is -2.51. The normalized spacial score (nSPS) is 22.1. The molecule has 0 radical (unpaired) electrons. The lowest BCUT2D eigenvalue weighted by atomic mass is 10.2. The molecular weight excluding hydrogens is 272 g/mol. The number of aryl methyl sites for hydroxylation is 1. The Labute approximate surface area is 113 Å². The predicted molar refractivity (Wildman–Crippen MR) is 72.4 cm³/mol. The highest BCUT2D eigenvalue weighted by molar-refractivity contribution is 7.89. The highest BCUT2D eigenvalue weighted by Gasteiger charge is 2.29. The second-order valence-electron chi connectivity index (χ2n) is 4.65. The smallest absolute Gasteiger partial charge is 0.244 e. The van der Waals surface area contributed by atoms with Gasteiger partial charge in [-0.15, -0.1) is 0 Å². The Morgan fingerprint density at radius 2 is 2.17 bits per heavy atom. The van der Waals surface area contributed by atoms with Gasteiger partial charge in [0.25, 0.3) is 0 Å². The van der Waals surface area contributed by atoms with E-state index in [2.05, 4.69) is 5.32 Å². The van der Waals surface area contributed by atoms with Crippen LogP contribution in [0.4, 0.5) is 0 Å². The molecule has 0 saturated carbocycles. The molecule has 1 aromatic carbocycles. The van der Waals surface area contributed by atoms with E-state index in [1.54, 1.807) is 18.2 Å². The van der Waals surface area contributed by atoms with Crippen molar-refractivity contribution in [2.24, 2.45) is 0 Å². The maximum absolute atomic E-state index is 12.5. The molecule has 0 aliphatic carbocycles. The monoisotopic (exact) mass is 288 g/mol. The molecule has 1 fully saturated rings. The van der Waals surface area contributed by atoms with Crippen LogP contribution in [0.3, 0.4) is 0 Å². The van der Waals surface area contributed by atoms with Crippen molar-refractivity contribution in [3.63, 3.8) is 0 Å². The van der Waals surface area contributed by atoms with Crippen molar-refractivity contribution in [3.05, 3.63) is 28.8 Å². The fourth-order valence-corrected chi connectivity index (χ4v) is 4.17. The van der Waals surface area contributed by atoms with Gasteiger partial charge in [-0.1, -0.05) is 17.7 Å². The molecule has 0 spiro atoms. The summed E-state index contributed by atoms with van der Waals surface area (Å²) in [6.45, 7) is 5.49. The van der Waals surface area contributed by atoms with Crippen molar-refractivity contribution in [3.8, 4) is 0 Å². The van der Waals surface area contributed by atoms with Crippen LogP contribution in [0.5, 0.6) is 0 Å². The van der Waals surface area contributed by atoms with Crippen molar-refractivity contribution in [2.45, 2.75) is 24.8 Å². The standard InChI is InChI=1S/C12H17ClN2O2S/c1-9-3-4-12(11(13)7-9)18(16,17)15-6-5-14-10(2)8-15/h3-4,7,10,14H,5-6,8H2,1-2H3/t10-/m1/s1. The minimum absolute atomic E-state index is 0.165. The molecule has 0 bridgehead atoms. The van der Waals surface area contributed by atoms with Gasteiger partial charge in [0.05, 0.1) is 5.02 Å². The molecule has 1 heterocycles. The number of nitrogens with one attached hydrogen (secondary N) is 1. The largest absolute Gasteiger partial charge is 0.312 e. The van der Waals surface area contributed by atoms with Crippen LogP contribution in [0.15, 0.2) is 23.1 Å². The third-order valence-corrected chi connectivity index (χ3v) is 5.38. The van der Waals surface area contributed by atoms with Gasteiger partial charge in [-0.05, 0) is 31.5 Å². The maximum Gasteiger partial charge on any atom is 0.244 e. The highest BCUT2D eigenvalue weighted by Crippen LogP contribution is 2.26. The molecule has 1 N–H and O–H groups in total. The highest BCUT2D eigenvalue weighted by atomic mass is 35.5. The van der Waals surface area contributed by atoms with Gasteiger partial charge < -0.3 is 5.32 Å². The fourth-order valence-electron chi connectivity index (χ4n) is 2.07. The molecule has 6 heteroatoms. The van der Waals surface area contributed by atoms with Gasteiger partial charge in [-0.25, -0.2) is 8.42 Å². The van der Waals surface area contributed by atoms with E-state index < -0.39 is 10.0 Å². The molecule has 1 aliphatic rings. The first-order valence-electron chi connectivity index (χ1n) is 5.91. The van der Waals surface area contributed by atoms with Gasteiger partial charge in [0.2, 0.25) is 10.0 Å². The molecule has 0 amide bonds. The Hall–Kier alpha value is -0.620. The number of nitrogens with zero attached hydrogens (tertiary/aromatic N) is 1. The number of benzene rings is 1. The third kappa shape index (κ3) is 2.69. The molecule has 1 atom stereocenters. The Morgan fingerprint density at radius 3 is 2.78 bits per heavy atom. The van der Waals surface area contributed by atoms with Gasteiger partial charge in [0.15, 0.2) is 0 Å². The Kier molecular flexibility index (Phi) is 3.96. The summed E-state index contributed by atoms with van der Waals surface area (Å²) in [6, 6.07) is 5.20. The summed E-state index contributed by atoms with van der Waals surface area (Å²) in [7, 11) is -3.48. The number of rotatable bonds is 2. The van der Waals surface area contributed by atoms with Crippen LogP contribution < -0.4 is 5.32 Å². The molecule has 1 saturated heterocycles. The molecule has 4 nitrogen and oxygen atoms in total. The maximum atomic E-state index is 12.5. The van der Waals surface area contributed by atoms with E-state index in [1.807, 2.05) is 13.8 Å². The Morgan fingerprint density at radius 1 is 1.44 bits per heavy atom. The summed E-state index contributed by atoms with van der Waals surface area (Å²) in [6.07, 6.45) is 0. The average Bonchev–Trinajstić information content (AvgIpc) is 2.28. The topological polar surface area (TPSA) is 49.4 Å². The summed E-state index contributed by atoms with van der Waals surface area (Å²) in [5.74, 6) is 0. The number of piperazine rings is 1. The van der Waals surface area contributed by atoms with Gasteiger partial charge in [0, 0.05) is 25.7 Å². The van der Waals surface area contributed by atoms with Crippen LogP contribution in [0, 0.1) is 6.92 Å². The molecular formula is C12H17ClN2O2S. The van der Waals surface area contributed by atoms with Crippen LogP contribution in [-0.2, 0) is 10.0 Å².